The molecule has 1 aliphatic heterocycles. The van der Waals surface area contributed by atoms with E-state index < -0.39 is 0 Å². The van der Waals surface area contributed by atoms with E-state index in [9.17, 15) is 4.79 Å². The first-order valence-corrected chi connectivity index (χ1v) is 13.6. The zero-order valence-corrected chi connectivity index (χ0v) is 23.1. The number of nitrogens with zero attached hydrogens (tertiary/aromatic N) is 5. The first-order chi connectivity index (χ1) is 17.7. The zero-order valence-electron chi connectivity index (χ0n) is 23.1. The Balaban J connectivity index is 1.62. The van der Waals surface area contributed by atoms with Gasteiger partial charge in [-0.05, 0) is 82.2 Å². The van der Waals surface area contributed by atoms with E-state index in [1.54, 1.807) is 0 Å². The monoisotopic (exact) mass is 497 g/mol. The predicted octanol–water partition coefficient (Wildman–Crippen LogP) is 6.05. The van der Waals surface area contributed by atoms with Gasteiger partial charge < -0.3 is 9.80 Å². The second kappa shape index (κ2) is 9.81. The van der Waals surface area contributed by atoms with Gasteiger partial charge in [0.15, 0.2) is 0 Å². The van der Waals surface area contributed by atoms with Crippen molar-refractivity contribution in [2.45, 2.75) is 78.8 Å². The average Bonchev–Trinajstić information content (AvgIpc) is 3.57. The van der Waals surface area contributed by atoms with Crippen LogP contribution in [0, 0.1) is 6.92 Å². The molecule has 6 nitrogen and oxygen atoms in total. The summed E-state index contributed by atoms with van der Waals surface area (Å²) < 4.78 is 1.95. The van der Waals surface area contributed by atoms with Crippen LogP contribution in [0.5, 0.6) is 0 Å². The van der Waals surface area contributed by atoms with Crippen molar-refractivity contribution in [2.24, 2.45) is 0 Å². The Hall–Kier alpha value is -3.41. The Labute approximate surface area is 221 Å². The lowest BCUT2D eigenvalue weighted by Crippen LogP contribution is -2.44. The van der Waals surface area contributed by atoms with E-state index in [0.29, 0.717) is 6.54 Å². The number of fused-ring (bicyclic) bond motifs is 2. The topological polar surface area (TPSA) is 54.3 Å². The molecule has 37 heavy (non-hydrogen) atoms. The van der Waals surface area contributed by atoms with E-state index in [-0.39, 0.29) is 11.4 Å². The van der Waals surface area contributed by atoms with Gasteiger partial charge in [0.2, 0.25) is 0 Å². The number of benzene rings is 1. The summed E-state index contributed by atoms with van der Waals surface area (Å²) in [7, 11) is 1.91. The minimum Gasteiger partial charge on any atom is -0.337 e. The van der Waals surface area contributed by atoms with Gasteiger partial charge in [0, 0.05) is 48.1 Å². The molecule has 3 aliphatic rings. The third-order valence-corrected chi connectivity index (χ3v) is 7.87. The second-order valence-electron chi connectivity index (χ2n) is 11.4. The molecule has 0 N–H and O–H groups in total. The van der Waals surface area contributed by atoms with Crippen molar-refractivity contribution in [1.82, 2.24) is 24.8 Å². The van der Waals surface area contributed by atoms with Crippen LogP contribution >= 0.6 is 0 Å². The molecule has 194 valence electrons. The van der Waals surface area contributed by atoms with Gasteiger partial charge in [0.1, 0.15) is 5.69 Å². The lowest BCUT2D eigenvalue weighted by molar-refractivity contribution is -0.129. The number of unbranched alkanes of at least 4 members (excludes halogenated alkanes) is 1. The standard InChI is InChI=1S/C31H39N5O/c1-7-8-16-35-20-28(32-33-35)26-19-27-22(18-21(26)2)13-14-24-25(30(37)34(6)31(3,4)5)15-17-36(29(24)27)23-11-9-10-12-23/h9,11-12,15,18-20H,7-8,10,13-14,16-17H2,1-6H3. The minimum absolute atomic E-state index is 0.102. The van der Waals surface area contributed by atoms with Crippen LogP contribution in [0.25, 0.3) is 17.0 Å². The van der Waals surface area contributed by atoms with Crippen molar-refractivity contribution in [3.63, 3.8) is 0 Å². The molecule has 0 fully saturated rings. The molecule has 0 unspecified atom stereocenters. The smallest absolute Gasteiger partial charge is 0.254 e. The predicted molar refractivity (Wildman–Crippen MR) is 149 cm³/mol. The highest BCUT2D eigenvalue weighted by Crippen LogP contribution is 2.44. The maximum atomic E-state index is 13.7. The summed E-state index contributed by atoms with van der Waals surface area (Å²) >= 11 is 0. The van der Waals surface area contributed by atoms with Gasteiger partial charge in [0.05, 0.1) is 11.9 Å². The fourth-order valence-electron chi connectivity index (χ4n) is 5.41. The summed E-state index contributed by atoms with van der Waals surface area (Å²) in [6.45, 7) is 12.2. The molecule has 0 radical (unpaired) electrons. The quantitative estimate of drug-likeness (QED) is 0.487. The Morgan fingerprint density at radius 1 is 1.14 bits per heavy atom. The number of carbonyl (C=O) groups excluding carboxylic acids is 1. The molecule has 5 rings (SSSR count). The minimum atomic E-state index is -0.243. The fourth-order valence-corrected chi connectivity index (χ4v) is 5.41. The molecule has 6 heteroatoms. The van der Waals surface area contributed by atoms with Crippen LogP contribution in [0.2, 0.25) is 0 Å². The molecule has 0 saturated heterocycles. The first-order valence-electron chi connectivity index (χ1n) is 13.6. The molecule has 0 spiro atoms. The molecular formula is C31H39N5O. The van der Waals surface area contributed by atoms with Crippen molar-refractivity contribution in [3.8, 4) is 11.3 Å². The van der Waals surface area contributed by atoms with E-state index in [1.165, 1.54) is 28.1 Å². The van der Waals surface area contributed by atoms with Crippen LogP contribution < -0.4 is 0 Å². The summed E-state index contributed by atoms with van der Waals surface area (Å²) in [5, 5.41) is 8.92. The van der Waals surface area contributed by atoms with Crippen LogP contribution in [0.3, 0.4) is 0 Å². The van der Waals surface area contributed by atoms with Crippen LogP contribution in [0.15, 0.2) is 59.5 Å². The van der Waals surface area contributed by atoms with Crippen LogP contribution in [0.4, 0.5) is 0 Å². The Morgan fingerprint density at radius 3 is 2.65 bits per heavy atom. The normalized spacial score (nSPS) is 17.0. The average molecular weight is 498 g/mol. The van der Waals surface area contributed by atoms with E-state index in [0.717, 1.165) is 61.1 Å². The van der Waals surface area contributed by atoms with Crippen molar-refractivity contribution in [2.75, 3.05) is 13.6 Å². The van der Waals surface area contributed by atoms with Gasteiger partial charge >= 0.3 is 0 Å². The molecule has 1 aromatic carbocycles. The van der Waals surface area contributed by atoms with Crippen LogP contribution in [-0.4, -0.2) is 49.8 Å². The number of rotatable bonds is 6. The summed E-state index contributed by atoms with van der Waals surface area (Å²) in [5.74, 6) is 0.102. The van der Waals surface area contributed by atoms with Crippen LogP contribution in [-0.2, 0) is 17.8 Å². The van der Waals surface area contributed by atoms with Crippen molar-refractivity contribution in [1.29, 1.82) is 0 Å². The lowest BCUT2D eigenvalue weighted by Gasteiger charge is -2.40. The largest absolute Gasteiger partial charge is 0.337 e. The number of likely N-dealkylation sites (N-methyl/N-ethyl adjacent to an activating group) is 1. The van der Waals surface area contributed by atoms with Gasteiger partial charge in [-0.2, -0.15) is 0 Å². The molecule has 2 heterocycles. The van der Waals surface area contributed by atoms with E-state index in [1.807, 2.05) is 16.6 Å². The Bertz CT molecular complexity index is 1350. The maximum Gasteiger partial charge on any atom is 0.254 e. The van der Waals surface area contributed by atoms with E-state index >= 15 is 0 Å². The number of allylic oxidation sites excluding steroid dienone is 3. The zero-order chi connectivity index (χ0) is 26.3. The van der Waals surface area contributed by atoms with Gasteiger partial charge in [0.25, 0.3) is 5.91 Å². The molecule has 1 aromatic heterocycles. The second-order valence-corrected chi connectivity index (χ2v) is 11.4. The highest BCUT2D eigenvalue weighted by atomic mass is 16.2. The third kappa shape index (κ3) is 4.70. The molecule has 2 aliphatic carbocycles. The summed E-state index contributed by atoms with van der Waals surface area (Å²) in [5.41, 5.74) is 9.93. The number of aryl methyl sites for hydroxylation is 3. The van der Waals surface area contributed by atoms with Gasteiger partial charge in [-0.1, -0.05) is 42.9 Å². The molecule has 1 amide bonds. The fraction of sp³-hybridized carbons (Fsp3) is 0.452. The first kappa shape index (κ1) is 25.2. The van der Waals surface area contributed by atoms with Crippen molar-refractivity contribution in [3.05, 3.63) is 76.2 Å². The summed E-state index contributed by atoms with van der Waals surface area (Å²) in [4.78, 5) is 18.0. The summed E-state index contributed by atoms with van der Waals surface area (Å²) in [6.07, 6.45) is 15.8. The van der Waals surface area contributed by atoms with Gasteiger partial charge in [-0.3, -0.25) is 9.48 Å². The Kier molecular flexibility index (Phi) is 6.69. The Morgan fingerprint density at radius 2 is 1.95 bits per heavy atom. The van der Waals surface area contributed by atoms with Gasteiger partial charge in [-0.25, -0.2) is 0 Å². The highest BCUT2D eigenvalue weighted by molar-refractivity contribution is 6.02. The SMILES string of the molecule is CCCCn1cc(-c2cc3c(cc2C)CCC2=C3N(C3=CCC=C3)CC=C2C(=O)N(C)C(C)(C)C)nn1. The number of hydrogen-bond acceptors (Lipinski definition) is 4. The third-order valence-electron chi connectivity index (χ3n) is 7.87. The number of amides is 1. The molecule has 0 saturated carbocycles. The van der Waals surface area contributed by atoms with Crippen molar-refractivity contribution >= 4 is 11.6 Å². The number of carbonyl (C=O) groups is 1. The molecule has 0 bridgehead atoms. The number of hydrogen-bond donors (Lipinski definition) is 0. The van der Waals surface area contributed by atoms with E-state index in [2.05, 4.69) is 92.5 Å². The molecular weight excluding hydrogens is 458 g/mol. The van der Waals surface area contributed by atoms with Crippen LogP contribution in [0.1, 0.15) is 70.1 Å². The summed E-state index contributed by atoms with van der Waals surface area (Å²) in [6, 6.07) is 4.61. The highest BCUT2D eigenvalue weighted by Gasteiger charge is 2.35. The molecule has 2 aromatic rings. The maximum absolute atomic E-state index is 13.7. The molecule has 0 atom stereocenters. The van der Waals surface area contributed by atoms with Gasteiger partial charge in [-0.15, -0.1) is 5.10 Å². The van der Waals surface area contributed by atoms with E-state index in [4.69, 9.17) is 0 Å². The number of aromatic nitrogens is 3. The lowest BCUT2D eigenvalue weighted by atomic mass is 9.80. The van der Waals surface area contributed by atoms with Crippen molar-refractivity contribution < 1.29 is 4.79 Å².